The number of carboxylic acids is 3. The Labute approximate surface area is 768 Å². The Bertz CT molecular complexity index is 4320. The highest BCUT2D eigenvalue weighted by Gasteiger charge is 2.66. The number of hydrogen-bond acceptors (Lipinski definition) is 25. The van der Waals surface area contributed by atoms with Crippen molar-refractivity contribution in [3.05, 3.63) is 54.2 Å². The summed E-state index contributed by atoms with van der Waals surface area (Å²) in [5.41, 5.74) is 12.1. The van der Waals surface area contributed by atoms with E-state index in [1.165, 1.54) is 31.2 Å². The average molecular weight is 1860 g/mol. The monoisotopic (exact) mass is 1860 g/mol. The van der Waals surface area contributed by atoms with E-state index in [0.29, 0.717) is 49.1 Å². The third-order valence-electron chi connectivity index (χ3n) is 27.0. The van der Waals surface area contributed by atoms with E-state index in [1.807, 2.05) is 50.1 Å². The molecular weight excluding hydrogens is 1720 g/mol. The zero-order valence-electron chi connectivity index (χ0n) is 77.0. The van der Waals surface area contributed by atoms with Gasteiger partial charge in [-0.3, -0.25) is 91.5 Å². The number of rotatable bonds is 50. The molecule has 12 amide bonds. The number of primary amides is 2. The van der Waals surface area contributed by atoms with Gasteiger partial charge in [-0.25, -0.2) is 4.98 Å². The van der Waals surface area contributed by atoms with Crippen molar-refractivity contribution in [2.24, 2.45) is 69.6 Å². The van der Waals surface area contributed by atoms with Gasteiger partial charge in [0.1, 0.15) is 48.9 Å². The molecule has 0 unspecified atom stereocenters. The van der Waals surface area contributed by atoms with Crippen molar-refractivity contribution in [2.75, 3.05) is 130 Å². The fraction of sp³-hybridized carbons (Fsp3) is 0.708. The SMILES string of the molecule is CSCC[C@H](NC(=O)[C@H](CC(C)C)NC(=O)[C@H](Cc1c[nH]cn1)NC(=O)CNC(=O)[C@@H](NC(=O)[C@H](C)NC(=O)[C@H](Cc1c[nH]c2ccccc12)NC(=O)[C@H](CCC(N)=O)NC(=O)CC[C@@H](C)[C@H]1CC[C@H]2[C@@H]3[C@H](O)C[C@@H]4C[C@@H](NC(=O)COCCOCCNC(=O)CN5CCN(CC(=O)O)CCN(CC(=O)O)CCN(CC(=O)O)CC5)CC[C@]4(C)[C@H]3C[C@H](O)[C@]12C)C(C)C)C(N)=O. The topological polar surface area (TPSA) is 605 Å². The Balaban J connectivity index is 0.798. The molecule has 3 heterocycles. The van der Waals surface area contributed by atoms with Gasteiger partial charge in [-0.15, -0.1) is 0 Å². The molecule has 0 radical (unpaired) electrons. The van der Waals surface area contributed by atoms with Gasteiger partial charge >= 0.3 is 17.9 Å². The number of benzene rings is 1. The minimum atomic E-state index is -1.41. The van der Waals surface area contributed by atoms with Crippen molar-refractivity contribution in [1.29, 1.82) is 0 Å². The van der Waals surface area contributed by atoms with Crippen LogP contribution in [0.5, 0.6) is 0 Å². The van der Waals surface area contributed by atoms with Gasteiger partial charge in [-0.2, -0.15) is 11.8 Å². The number of ether oxygens (including phenoxy) is 2. The number of imidazole rings is 1. The van der Waals surface area contributed by atoms with Crippen LogP contribution in [-0.2, 0) is 94.2 Å². The van der Waals surface area contributed by atoms with E-state index < -0.39 is 149 Å². The second-order valence-corrected chi connectivity index (χ2v) is 38.2. The lowest BCUT2D eigenvalue weighted by Crippen LogP contribution is -2.63. The van der Waals surface area contributed by atoms with Gasteiger partial charge < -0.3 is 110 Å². The molecule has 0 bridgehead atoms. The number of aliphatic carboxylic acids is 3. The number of amides is 12. The van der Waals surface area contributed by atoms with Crippen LogP contribution < -0.4 is 64.6 Å². The molecule has 3 aromatic rings. The minimum absolute atomic E-state index is 0.00423. The number of thioether (sulfide) groups is 1. The number of aliphatic hydroxyl groups is 2. The lowest BCUT2D eigenvalue weighted by molar-refractivity contribution is -0.202. The van der Waals surface area contributed by atoms with Gasteiger partial charge in [0.15, 0.2) is 0 Å². The van der Waals surface area contributed by atoms with E-state index in [-0.39, 0.29) is 221 Å². The maximum Gasteiger partial charge on any atom is 0.317 e. The van der Waals surface area contributed by atoms with Crippen molar-refractivity contribution in [1.82, 2.24) is 87.7 Å². The number of carbonyl (C=O) groups is 15. The highest BCUT2D eigenvalue weighted by molar-refractivity contribution is 7.98. The molecule has 18 atom stereocenters. The summed E-state index contributed by atoms with van der Waals surface area (Å²) in [6, 6.07) is -1.80. The molecule has 8 rings (SSSR count). The maximum atomic E-state index is 14.7. The summed E-state index contributed by atoms with van der Waals surface area (Å²) in [6.07, 6.45) is 9.47. The predicted octanol–water partition coefficient (Wildman–Crippen LogP) is -1.46. The number of hydrogen-bond donors (Lipinski definition) is 19. The molecule has 4 saturated carbocycles. The first-order valence-electron chi connectivity index (χ1n) is 45.8. The fourth-order valence-corrected chi connectivity index (χ4v) is 20.4. The Morgan fingerprint density at radius 2 is 1.17 bits per heavy atom. The largest absolute Gasteiger partial charge is 0.480 e. The molecule has 1 aromatic carbocycles. The molecule has 4 aliphatic carbocycles. The molecule has 5 aliphatic rings. The van der Waals surface area contributed by atoms with Crippen molar-refractivity contribution in [3.8, 4) is 0 Å². The summed E-state index contributed by atoms with van der Waals surface area (Å²) in [6.45, 7) is 15.6. The number of carboxylic acid groups (broad SMARTS) is 3. The van der Waals surface area contributed by atoms with Gasteiger partial charge in [-0.1, -0.05) is 66.7 Å². The molecule has 5 fully saturated rings. The highest BCUT2D eigenvalue weighted by atomic mass is 32.2. The van der Waals surface area contributed by atoms with Crippen LogP contribution in [0.4, 0.5) is 0 Å². The van der Waals surface area contributed by atoms with Crippen molar-refractivity contribution in [3.63, 3.8) is 0 Å². The fourth-order valence-electron chi connectivity index (χ4n) is 19.9. The Kier molecular flexibility index (Phi) is 41.7. The number of para-hydroxylation sites is 1. The lowest BCUT2D eigenvalue weighted by atomic mass is 9.43. The Morgan fingerprint density at radius 3 is 1.77 bits per heavy atom. The van der Waals surface area contributed by atoms with E-state index in [2.05, 4.69) is 82.0 Å². The first-order chi connectivity index (χ1) is 62.1. The van der Waals surface area contributed by atoms with E-state index in [9.17, 15) is 97.5 Å². The third kappa shape index (κ3) is 32.2. The average Bonchev–Trinajstić information content (AvgIpc) is 1.68. The standard InChI is InChI=1S/C89H141N19O22S/c1-51(2)36-66(85(126)101-64(81(91)122)21-35-131-9)102-86(127)68(40-58-43-92-50-96-58)100-73(113)44-95-87(128)80(52(3)4)104-82(123)54(6)97-84(125)67(37-55-42-94-63-13-11-10-12-59(55)63)103-83(124)65(17-18-71(90)111)99-72(112)19-14-53(5)60-15-16-61-79-62(41-70(110)89(60,61)8)88(7)22-20-57(38-56(88)39-69(79)109)98-75(115)49-130-34-33-129-32-23-93-74(114)45-105-24-26-106(46-76(116)117)28-30-108(48-78(120)121)31-29-107(27-25-105)47-77(118)119/h10-13,42-43,50-54,56-57,60-62,64-70,79-80,94,109-110H,14-41,44-49H2,1-9H3,(H2,90,111)(H2,91,122)(H,92,96)(H,93,114)(H,95,128)(H,97,125)(H,98,115)(H,99,112)(H,100,113)(H,101,126)(H,102,127)(H,103,124)(H,104,123)(H,116,117)(H,118,119)(H,120,121)/t53-,54+,56+,57+,60-,61+,62+,64+,65+,66+,67+,68+,69-,70+,79+,80+,88+,89-/m1/s1. The second kappa shape index (κ2) is 51.3. The zero-order chi connectivity index (χ0) is 96.0. The minimum Gasteiger partial charge on any atom is -0.480 e. The maximum absolute atomic E-state index is 14.7. The molecule has 1 aliphatic heterocycles. The van der Waals surface area contributed by atoms with Crippen LogP contribution in [0.3, 0.4) is 0 Å². The molecule has 730 valence electrons. The van der Waals surface area contributed by atoms with Gasteiger partial charge in [0.05, 0.1) is 76.8 Å². The number of carbonyl (C=O) groups excluding carboxylic acids is 12. The van der Waals surface area contributed by atoms with Gasteiger partial charge in [-0.05, 0) is 159 Å². The molecule has 42 heteroatoms. The van der Waals surface area contributed by atoms with Crippen LogP contribution in [0.25, 0.3) is 10.9 Å². The number of aromatic nitrogens is 3. The summed E-state index contributed by atoms with van der Waals surface area (Å²) in [4.78, 5) is 216. The second-order valence-electron chi connectivity index (χ2n) is 37.2. The first kappa shape index (κ1) is 106. The summed E-state index contributed by atoms with van der Waals surface area (Å²) in [7, 11) is 0. The molecule has 2 aromatic heterocycles. The predicted molar refractivity (Wildman–Crippen MR) is 483 cm³/mol. The van der Waals surface area contributed by atoms with Crippen LogP contribution in [0.15, 0.2) is 43.0 Å². The smallest absolute Gasteiger partial charge is 0.317 e. The summed E-state index contributed by atoms with van der Waals surface area (Å²) in [5, 5.41) is 81.5. The number of aromatic amines is 2. The molecular formula is C89H141N19O22S. The number of H-pyrrole nitrogens is 2. The van der Waals surface area contributed by atoms with E-state index >= 15 is 0 Å². The number of aliphatic hydroxyl groups excluding tert-OH is 2. The van der Waals surface area contributed by atoms with Crippen LogP contribution in [-0.4, -0.2) is 339 Å². The first-order valence-corrected chi connectivity index (χ1v) is 47.2. The van der Waals surface area contributed by atoms with E-state index in [0.717, 1.165) is 30.2 Å². The van der Waals surface area contributed by atoms with Crippen LogP contribution >= 0.6 is 11.8 Å². The molecule has 41 nitrogen and oxygen atoms in total. The van der Waals surface area contributed by atoms with Gasteiger partial charge in [0.25, 0.3) is 0 Å². The quantitative estimate of drug-likeness (QED) is 0.0287. The van der Waals surface area contributed by atoms with Crippen LogP contribution in [0.2, 0.25) is 0 Å². The molecule has 0 spiro atoms. The summed E-state index contributed by atoms with van der Waals surface area (Å²) < 4.78 is 11.4. The van der Waals surface area contributed by atoms with Gasteiger partial charge in [0, 0.05) is 114 Å². The number of nitrogens with two attached hydrogens (primary N) is 2. The molecule has 1 saturated heterocycles. The zero-order valence-corrected chi connectivity index (χ0v) is 77.8. The third-order valence-corrected chi connectivity index (χ3v) is 27.6. The van der Waals surface area contributed by atoms with Crippen molar-refractivity contribution < 1.29 is 107 Å². The molecule has 131 heavy (non-hydrogen) atoms. The van der Waals surface area contributed by atoms with E-state index in [4.69, 9.17) is 20.9 Å². The van der Waals surface area contributed by atoms with Gasteiger partial charge in [0.2, 0.25) is 70.9 Å². The molecule has 21 N–H and O–H groups in total. The number of fused-ring (bicyclic) bond motifs is 6. The summed E-state index contributed by atoms with van der Waals surface area (Å²) >= 11 is 1.46. The van der Waals surface area contributed by atoms with Crippen molar-refractivity contribution >= 4 is 111 Å². The number of nitrogens with one attached hydrogen (secondary N) is 12. The van der Waals surface area contributed by atoms with E-state index in [1.54, 1.807) is 40.8 Å². The Morgan fingerprint density at radius 1 is 0.580 bits per heavy atom. The summed E-state index contributed by atoms with van der Waals surface area (Å²) in [5.74, 6) is -11.7. The van der Waals surface area contributed by atoms with Crippen LogP contribution in [0.1, 0.15) is 150 Å². The number of nitrogens with zero attached hydrogens (tertiary/aromatic N) is 5. The van der Waals surface area contributed by atoms with Crippen LogP contribution in [0, 0.1) is 58.2 Å². The lowest BCUT2D eigenvalue weighted by Gasteiger charge is -2.63. The van der Waals surface area contributed by atoms with Crippen molar-refractivity contribution in [2.45, 2.75) is 212 Å². The Hall–Kier alpha value is -9.95. The normalized spacial score (nSPS) is 24.0. The highest BCUT2D eigenvalue weighted by Crippen LogP contribution is 2.68.